The fourth-order valence-corrected chi connectivity index (χ4v) is 3.72. The summed E-state index contributed by atoms with van der Waals surface area (Å²) < 4.78 is 6.01. The number of nitrogens with zero attached hydrogens (tertiary/aromatic N) is 4. The molecule has 1 saturated heterocycles. The summed E-state index contributed by atoms with van der Waals surface area (Å²) in [7, 11) is 0. The van der Waals surface area contributed by atoms with Gasteiger partial charge in [-0.2, -0.15) is 0 Å². The SMILES string of the molecule is CC(=O)N1CCC(N2C=CN=C(Oc3ccc(NN4C=CC=CC4)cc3)C2)CC1. The van der Waals surface area contributed by atoms with Gasteiger partial charge in [-0.25, -0.2) is 4.99 Å². The number of hydrazine groups is 1. The van der Waals surface area contributed by atoms with E-state index in [4.69, 9.17) is 4.74 Å². The molecule has 29 heavy (non-hydrogen) atoms. The van der Waals surface area contributed by atoms with Crippen LogP contribution in [0.5, 0.6) is 5.75 Å². The molecule has 4 rings (SSSR count). The molecule has 0 atom stereocenters. The molecule has 0 aliphatic carbocycles. The van der Waals surface area contributed by atoms with Crippen LogP contribution in [0.3, 0.4) is 0 Å². The summed E-state index contributed by atoms with van der Waals surface area (Å²) in [5.74, 6) is 1.62. The third-order valence-corrected chi connectivity index (χ3v) is 5.35. The van der Waals surface area contributed by atoms with Gasteiger partial charge in [0.25, 0.3) is 0 Å². The summed E-state index contributed by atoms with van der Waals surface area (Å²) in [6, 6.07) is 8.30. The number of piperidine rings is 1. The van der Waals surface area contributed by atoms with Crippen LogP contribution in [-0.2, 0) is 4.79 Å². The van der Waals surface area contributed by atoms with Crippen LogP contribution in [0.2, 0.25) is 0 Å². The first kappa shape index (κ1) is 19.1. The summed E-state index contributed by atoms with van der Waals surface area (Å²) in [6.07, 6.45) is 13.9. The van der Waals surface area contributed by atoms with Crippen molar-refractivity contribution in [2.24, 2.45) is 4.99 Å². The Kier molecular flexibility index (Phi) is 5.84. The van der Waals surface area contributed by atoms with Gasteiger partial charge < -0.3 is 14.5 Å². The number of rotatable bonds is 4. The van der Waals surface area contributed by atoms with Crippen LogP contribution in [0, 0.1) is 0 Å². The van der Waals surface area contributed by atoms with E-state index >= 15 is 0 Å². The van der Waals surface area contributed by atoms with E-state index in [0.717, 1.165) is 43.9 Å². The fraction of sp³-hybridized carbons (Fsp3) is 0.364. The highest BCUT2D eigenvalue weighted by molar-refractivity contribution is 5.82. The molecule has 1 amide bonds. The molecule has 1 fully saturated rings. The number of ether oxygens (including phenoxy) is 1. The summed E-state index contributed by atoms with van der Waals surface area (Å²) in [5.41, 5.74) is 4.34. The average Bonchev–Trinajstić information content (AvgIpc) is 2.76. The predicted octanol–water partition coefficient (Wildman–Crippen LogP) is 2.97. The van der Waals surface area contributed by atoms with Gasteiger partial charge in [0.05, 0.1) is 18.8 Å². The lowest BCUT2D eigenvalue weighted by molar-refractivity contribution is -0.130. The Hall–Kier alpha value is -3.22. The van der Waals surface area contributed by atoms with Crippen LogP contribution in [0.1, 0.15) is 19.8 Å². The van der Waals surface area contributed by atoms with Gasteiger partial charge in [-0.3, -0.25) is 15.2 Å². The van der Waals surface area contributed by atoms with Crippen molar-refractivity contribution >= 4 is 17.5 Å². The number of carbonyl (C=O) groups excluding carboxylic acids is 1. The lowest BCUT2D eigenvalue weighted by Crippen LogP contribution is -2.46. The number of amides is 1. The molecular weight excluding hydrogens is 366 g/mol. The van der Waals surface area contributed by atoms with E-state index < -0.39 is 0 Å². The molecular formula is C22H27N5O2. The maximum atomic E-state index is 11.5. The van der Waals surface area contributed by atoms with Crippen molar-refractivity contribution in [3.63, 3.8) is 0 Å². The molecule has 3 heterocycles. The summed E-state index contributed by atoms with van der Waals surface area (Å²) in [5, 5.41) is 2.02. The van der Waals surface area contributed by atoms with E-state index in [1.807, 2.05) is 58.7 Å². The molecule has 0 aromatic heterocycles. The lowest BCUT2D eigenvalue weighted by atomic mass is 10.0. The normalized spacial score (nSPS) is 19.3. The molecule has 0 saturated carbocycles. The van der Waals surface area contributed by atoms with Crippen LogP contribution in [0.4, 0.5) is 5.69 Å². The molecule has 0 spiro atoms. The van der Waals surface area contributed by atoms with E-state index in [0.29, 0.717) is 18.5 Å². The van der Waals surface area contributed by atoms with Crippen molar-refractivity contribution < 1.29 is 9.53 Å². The molecule has 152 valence electrons. The second kappa shape index (κ2) is 8.86. The van der Waals surface area contributed by atoms with Gasteiger partial charge in [0.2, 0.25) is 11.8 Å². The van der Waals surface area contributed by atoms with Crippen LogP contribution in [0.25, 0.3) is 0 Å². The molecule has 7 nitrogen and oxygen atoms in total. The zero-order valence-electron chi connectivity index (χ0n) is 16.7. The Balaban J connectivity index is 1.29. The fourth-order valence-electron chi connectivity index (χ4n) is 3.72. The molecule has 1 aromatic rings. The molecule has 3 aliphatic heterocycles. The van der Waals surface area contributed by atoms with Gasteiger partial charge in [0, 0.05) is 44.7 Å². The molecule has 0 radical (unpaired) electrons. The van der Waals surface area contributed by atoms with Crippen molar-refractivity contribution in [3.05, 3.63) is 61.1 Å². The zero-order chi connectivity index (χ0) is 20.1. The van der Waals surface area contributed by atoms with Crippen molar-refractivity contribution in [2.45, 2.75) is 25.8 Å². The minimum atomic E-state index is 0.161. The number of benzene rings is 1. The molecule has 0 unspecified atom stereocenters. The standard InChI is InChI=1S/C22H27N5O2/c1-18(28)25-14-9-20(10-15-25)26-16-11-23-22(17-26)29-21-7-5-19(6-8-21)24-27-12-3-2-4-13-27/h2-8,11-12,16,20,24H,9-10,13-15,17H2,1H3. The minimum Gasteiger partial charge on any atom is -0.441 e. The van der Waals surface area contributed by atoms with Crippen molar-refractivity contribution in [2.75, 3.05) is 31.6 Å². The Bertz CT molecular complexity index is 835. The van der Waals surface area contributed by atoms with Crippen LogP contribution < -0.4 is 10.2 Å². The molecule has 3 aliphatic rings. The van der Waals surface area contributed by atoms with Crippen LogP contribution >= 0.6 is 0 Å². The Morgan fingerprint density at radius 2 is 1.93 bits per heavy atom. The van der Waals surface area contributed by atoms with E-state index in [-0.39, 0.29) is 5.91 Å². The first-order valence-electron chi connectivity index (χ1n) is 10.1. The molecule has 1 aromatic carbocycles. The number of likely N-dealkylation sites (tertiary alicyclic amines) is 1. The summed E-state index contributed by atoms with van der Waals surface area (Å²) >= 11 is 0. The highest BCUT2D eigenvalue weighted by Crippen LogP contribution is 2.21. The third kappa shape index (κ3) is 4.99. The summed E-state index contributed by atoms with van der Waals surface area (Å²) in [6.45, 7) is 4.74. The van der Waals surface area contributed by atoms with E-state index in [2.05, 4.69) is 21.4 Å². The topological polar surface area (TPSA) is 60.4 Å². The smallest absolute Gasteiger partial charge is 0.219 e. The number of carbonyl (C=O) groups is 1. The molecule has 0 bridgehead atoms. The predicted molar refractivity (Wildman–Crippen MR) is 114 cm³/mol. The van der Waals surface area contributed by atoms with Crippen molar-refractivity contribution in [1.29, 1.82) is 0 Å². The largest absolute Gasteiger partial charge is 0.441 e. The summed E-state index contributed by atoms with van der Waals surface area (Å²) in [4.78, 5) is 20.1. The Morgan fingerprint density at radius 1 is 1.14 bits per heavy atom. The van der Waals surface area contributed by atoms with Crippen molar-refractivity contribution in [1.82, 2.24) is 14.8 Å². The first-order valence-corrected chi connectivity index (χ1v) is 10.1. The number of anilines is 1. The number of aliphatic imine (C=N–C) groups is 1. The van der Waals surface area contributed by atoms with Gasteiger partial charge in [0.15, 0.2) is 0 Å². The van der Waals surface area contributed by atoms with Crippen LogP contribution in [-0.4, -0.2) is 58.8 Å². The molecule has 1 N–H and O–H groups in total. The minimum absolute atomic E-state index is 0.161. The van der Waals surface area contributed by atoms with Crippen molar-refractivity contribution in [3.8, 4) is 5.75 Å². The van der Waals surface area contributed by atoms with Crippen LogP contribution in [0.15, 0.2) is 66.1 Å². The lowest BCUT2D eigenvalue weighted by Gasteiger charge is -2.38. The van der Waals surface area contributed by atoms with E-state index in [1.165, 1.54) is 0 Å². The number of hydrogen-bond acceptors (Lipinski definition) is 6. The third-order valence-electron chi connectivity index (χ3n) is 5.35. The zero-order valence-corrected chi connectivity index (χ0v) is 16.7. The van der Waals surface area contributed by atoms with E-state index in [9.17, 15) is 4.79 Å². The highest BCUT2D eigenvalue weighted by atomic mass is 16.5. The van der Waals surface area contributed by atoms with E-state index in [1.54, 1.807) is 13.1 Å². The Labute approximate surface area is 171 Å². The molecule has 7 heteroatoms. The maximum Gasteiger partial charge on any atom is 0.219 e. The quantitative estimate of drug-likeness (QED) is 0.852. The number of nitrogens with one attached hydrogen (secondary N) is 1. The van der Waals surface area contributed by atoms with Gasteiger partial charge in [-0.15, -0.1) is 0 Å². The Morgan fingerprint density at radius 3 is 2.62 bits per heavy atom. The monoisotopic (exact) mass is 393 g/mol. The number of hydrogen-bond donors (Lipinski definition) is 1. The highest BCUT2D eigenvalue weighted by Gasteiger charge is 2.26. The average molecular weight is 393 g/mol. The van der Waals surface area contributed by atoms with Gasteiger partial charge in [-0.1, -0.05) is 12.2 Å². The first-order chi connectivity index (χ1) is 14.2. The van der Waals surface area contributed by atoms with Gasteiger partial charge in [-0.05, 0) is 43.2 Å². The number of allylic oxidation sites excluding steroid dienone is 2. The second-order valence-electron chi connectivity index (χ2n) is 7.39. The maximum absolute atomic E-state index is 11.5. The van der Waals surface area contributed by atoms with Gasteiger partial charge >= 0.3 is 0 Å². The second-order valence-corrected chi connectivity index (χ2v) is 7.39. The van der Waals surface area contributed by atoms with Gasteiger partial charge in [0.1, 0.15) is 5.75 Å².